The van der Waals surface area contributed by atoms with Gasteiger partial charge in [-0.2, -0.15) is 0 Å². The SMILES string of the molecule is C=CC.CC(=O)OC(C)CCC1(C)C(C)CCC2(C)C3CCC4(CO)CCCC4C3CCC12. The minimum absolute atomic E-state index is 0.0226. The number of hydrogen-bond donors (Lipinski definition) is 1. The van der Waals surface area contributed by atoms with Gasteiger partial charge in [-0.25, -0.2) is 0 Å². The lowest BCUT2D eigenvalue weighted by molar-refractivity contribution is -0.171. The van der Waals surface area contributed by atoms with E-state index in [0.29, 0.717) is 17.4 Å². The second-order valence-electron chi connectivity index (χ2n) is 12.8. The van der Waals surface area contributed by atoms with Gasteiger partial charge in [-0.05, 0) is 124 Å². The molecule has 4 fully saturated rings. The van der Waals surface area contributed by atoms with Crippen molar-refractivity contribution >= 4 is 5.97 Å². The van der Waals surface area contributed by atoms with E-state index >= 15 is 0 Å². The zero-order chi connectivity index (χ0) is 24.4. The molecule has 1 N–H and O–H groups in total. The third-order valence-corrected chi connectivity index (χ3v) is 11.2. The molecule has 4 aliphatic carbocycles. The van der Waals surface area contributed by atoms with Crippen LogP contribution in [0.5, 0.6) is 0 Å². The van der Waals surface area contributed by atoms with Gasteiger partial charge in [0, 0.05) is 13.5 Å². The Hall–Kier alpha value is -0.830. The molecule has 0 bridgehead atoms. The van der Waals surface area contributed by atoms with Crippen LogP contribution in [0.3, 0.4) is 0 Å². The number of fused-ring (bicyclic) bond motifs is 5. The van der Waals surface area contributed by atoms with Crippen LogP contribution in [0.15, 0.2) is 12.7 Å². The Morgan fingerprint density at radius 1 is 1.12 bits per heavy atom. The van der Waals surface area contributed by atoms with E-state index in [0.717, 1.165) is 36.0 Å². The molecule has 3 heteroatoms. The molecular formula is C30H52O3. The van der Waals surface area contributed by atoms with Gasteiger partial charge in [0.25, 0.3) is 0 Å². The standard InChI is InChI=1S/C27H46O3.C3H6/c1-18-10-14-26(5)22-12-16-27(17-28)13-6-7-23(27)21(22)8-9-24(26)25(18,4)15-11-19(2)30-20(3)29;1-3-2/h18-19,21-24,28H,6-17H2,1-5H3;3H,1H2,2H3. The largest absolute Gasteiger partial charge is 0.463 e. The fourth-order valence-corrected chi connectivity index (χ4v) is 9.45. The summed E-state index contributed by atoms with van der Waals surface area (Å²) in [5.74, 6) is 3.82. The van der Waals surface area contributed by atoms with E-state index in [-0.39, 0.29) is 17.5 Å². The number of rotatable bonds is 5. The van der Waals surface area contributed by atoms with E-state index in [2.05, 4.69) is 34.3 Å². The first kappa shape index (κ1) is 26.8. The Morgan fingerprint density at radius 2 is 1.82 bits per heavy atom. The van der Waals surface area contributed by atoms with Crippen LogP contribution < -0.4 is 0 Å². The van der Waals surface area contributed by atoms with Crippen molar-refractivity contribution < 1.29 is 14.6 Å². The summed E-state index contributed by atoms with van der Waals surface area (Å²) < 4.78 is 5.48. The number of aliphatic hydroxyl groups is 1. The van der Waals surface area contributed by atoms with Crippen LogP contribution in [0.2, 0.25) is 0 Å². The van der Waals surface area contributed by atoms with Crippen LogP contribution in [0.1, 0.15) is 112 Å². The van der Waals surface area contributed by atoms with E-state index < -0.39 is 0 Å². The molecule has 0 aliphatic heterocycles. The quantitative estimate of drug-likeness (QED) is 0.340. The fourth-order valence-electron chi connectivity index (χ4n) is 9.45. The highest BCUT2D eigenvalue weighted by molar-refractivity contribution is 5.66. The molecule has 0 spiro atoms. The number of ether oxygens (including phenoxy) is 1. The lowest BCUT2D eigenvalue weighted by atomic mass is 9.39. The van der Waals surface area contributed by atoms with E-state index in [4.69, 9.17) is 4.74 Å². The molecular weight excluding hydrogens is 408 g/mol. The number of carbonyl (C=O) groups excluding carboxylic acids is 1. The van der Waals surface area contributed by atoms with Gasteiger partial charge in [-0.1, -0.05) is 33.3 Å². The monoisotopic (exact) mass is 460 g/mol. The van der Waals surface area contributed by atoms with Crippen molar-refractivity contribution in [3.63, 3.8) is 0 Å². The molecule has 0 saturated heterocycles. The van der Waals surface area contributed by atoms with Crippen molar-refractivity contribution in [1.29, 1.82) is 0 Å². The smallest absolute Gasteiger partial charge is 0.302 e. The van der Waals surface area contributed by atoms with Crippen LogP contribution in [-0.2, 0) is 9.53 Å². The Morgan fingerprint density at radius 3 is 2.45 bits per heavy atom. The molecule has 4 aliphatic rings. The summed E-state index contributed by atoms with van der Waals surface area (Å²) in [6.07, 6.45) is 15.9. The number of aliphatic hydroxyl groups excluding tert-OH is 1. The number of carbonyl (C=O) groups is 1. The summed E-state index contributed by atoms with van der Waals surface area (Å²) in [6, 6.07) is 0. The maximum Gasteiger partial charge on any atom is 0.302 e. The Bertz CT molecular complexity index is 688. The molecule has 190 valence electrons. The van der Waals surface area contributed by atoms with Crippen LogP contribution in [0, 0.1) is 45.8 Å². The van der Waals surface area contributed by atoms with Crippen molar-refractivity contribution in [2.75, 3.05) is 6.61 Å². The van der Waals surface area contributed by atoms with Crippen molar-refractivity contribution in [2.45, 2.75) is 118 Å². The van der Waals surface area contributed by atoms with Gasteiger partial charge in [0.2, 0.25) is 0 Å². The molecule has 0 amide bonds. The Balaban J connectivity index is 0.000000968. The molecule has 3 nitrogen and oxygen atoms in total. The normalized spacial score (nSPS) is 44.9. The topological polar surface area (TPSA) is 46.5 Å². The molecule has 0 aromatic heterocycles. The van der Waals surface area contributed by atoms with Gasteiger partial charge >= 0.3 is 5.97 Å². The zero-order valence-electron chi connectivity index (χ0n) is 22.5. The minimum atomic E-state index is -0.152. The van der Waals surface area contributed by atoms with Gasteiger partial charge < -0.3 is 9.84 Å². The predicted molar refractivity (Wildman–Crippen MR) is 137 cm³/mol. The number of hydrogen-bond acceptors (Lipinski definition) is 3. The summed E-state index contributed by atoms with van der Waals surface area (Å²) >= 11 is 0. The van der Waals surface area contributed by atoms with Crippen LogP contribution >= 0.6 is 0 Å². The van der Waals surface area contributed by atoms with Crippen molar-refractivity contribution in [3.05, 3.63) is 12.7 Å². The first-order chi connectivity index (χ1) is 15.6. The summed E-state index contributed by atoms with van der Waals surface area (Å²) in [4.78, 5) is 11.4. The molecule has 4 rings (SSSR count). The van der Waals surface area contributed by atoms with Gasteiger partial charge in [-0.3, -0.25) is 4.79 Å². The molecule has 4 saturated carbocycles. The number of esters is 1. The van der Waals surface area contributed by atoms with E-state index in [9.17, 15) is 9.90 Å². The lowest BCUT2D eigenvalue weighted by Crippen LogP contribution is -2.58. The Kier molecular flexibility index (Phi) is 8.46. The molecule has 33 heavy (non-hydrogen) atoms. The van der Waals surface area contributed by atoms with Gasteiger partial charge in [0.05, 0.1) is 6.10 Å². The maximum absolute atomic E-state index is 11.4. The summed E-state index contributed by atoms with van der Waals surface area (Å²) in [5, 5.41) is 10.3. The van der Waals surface area contributed by atoms with Crippen LogP contribution in [0.25, 0.3) is 0 Å². The molecule has 9 unspecified atom stereocenters. The first-order valence-electron chi connectivity index (χ1n) is 13.9. The molecule has 0 heterocycles. The van der Waals surface area contributed by atoms with Crippen molar-refractivity contribution in [2.24, 2.45) is 45.8 Å². The number of allylic oxidation sites excluding steroid dienone is 1. The first-order valence-corrected chi connectivity index (χ1v) is 13.9. The minimum Gasteiger partial charge on any atom is -0.463 e. The molecule has 0 aromatic rings. The highest BCUT2D eigenvalue weighted by Gasteiger charge is 2.62. The van der Waals surface area contributed by atoms with Crippen LogP contribution in [0.4, 0.5) is 0 Å². The summed E-state index contributed by atoms with van der Waals surface area (Å²) in [7, 11) is 0. The van der Waals surface area contributed by atoms with E-state index in [1.54, 1.807) is 6.08 Å². The van der Waals surface area contributed by atoms with Gasteiger partial charge in [-0.15, -0.1) is 6.58 Å². The second kappa shape index (κ2) is 10.4. The molecule has 0 aromatic carbocycles. The van der Waals surface area contributed by atoms with E-state index in [1.807, 2.05) is 6.92 Å². The fraction of sp³-hybridized carbons (Fsp3) is 0.900. The summed E-state index contributed by atoms with van der Waals surface area (Å²) in [6.45, 7) is 17.0. The van der Waals surface area contributed by atoms with Crippen molar-refractivity contribution in [3.8, 4) is 0 Å². The maximum atomic E-state index is 11.4. The molecule has 0 radical (unpaired) electrons. The lowest BCUT2D eigenvalue weighted by Gasteiger charge is -2.65. The van der Waals surface area contributed by atoms with E-state index in [1.165, 1.54) is 71.1 Å². The van der Waals surface area contributed by atoms with Crippen molar-refractivity contribution in [1.82, 2.24) is 0 Å². The average molecular weight is 461 g/mol. The van der Waals surface area contributed by atoms with Crippen LogP contribution in [-0.4, -0.2) is 23.8 Å². The average Bonchev–Trinajstić information content (AvgIpc) is 3.20. The highest BCUT2D eigenvalue weighted by atomic mass is 16.5. The predicted octanol–water partition coefficient (Wildman–Crippen LogP) is 7.57. The third-order valence-electron chi connectivity index (χ3n) is 11.2. The Labute approximate surface area is 204 Å². The molecule has 9 atom stereocenters. The summed E-state index contributed by atoms with van der Waals surface area (Å²) in [5.41, 5.74) is 1.04. The third kappa shape index (κ3) is 4.82. The van der Waals surface area contributed by atoms with Gasteiger partial charge in [0.1, 0.15) is 0 Å². The van der Waals surface area contributed by atoms with Gasteiger partial charge in [0.15, 0.2) is 0 Å². The zero-order valence-corrected chi connectivity index (χ0v) is 22.5. The highest BCUT2D eigenvalue weighted by Crippen LogP contribution is 2.70. The second-order valence-corrected chi connectivity index (χ2v) is 12.8.